The van der Waals surface area contributed by atoms with Gasteiger partial charge in [-0.1, -0.05) is 79.7 Å². The molecule has 0 bridgehead atoms. The van der Waals surface area contributed by atoms with Crippen molar-refractivity contribution in [2.24, 2.45) is 5.92 Å². The summed E-state index contributed by atoms with van der Waals surface area (Å²) in [7, 11) is 0. The summed E-state index contributed by atoms with van der Waals surface area (Å²) in [6.07, 6.45) is -1.15. The van der Waals surface area contributed by atoms with Crippen molar-refractivity contribution in [3.8, 4) is 0 Å². The minimum atomic E-state index is -1.03. The molecule has 1 saturated heterocycles. The molecule has 0 aromatic heterocycles. The number of fused-ring (bicyclic) bond motifs is 1. The first kappa shape index (κ1) is 19.2. The number of carbonyl (C=O) groups is 2. The second kappa shape index (κ2) is 8.05. The minimum absolute atomic E-state index is 0.163. The molecule has 1 aliphatic rings. The zero-order chi connectivity index (χ0) is 20.4. The third-order valence-electron chi connectivity index (χ3n) is 5.52. The van der Waals surface area contributed by atoms with E-state index in [1.807, 2.05) is 72.8 Å². The summed E-state index contributed by atoms with van der Waals surface area (Å²) in [4.78, 5) is 26.6. The van der Waals surface area contributed by atoms with Crippen molar-refractivity contribution in [1.29, 1.82) is 0 Å². The van der Waals surface area contributed by atoms with Crippen molar-refractivity contribution in [3.05, 3.63) is 83.9 Å². The van der Waals surface area contributed by atoms with E-state index in [2.05, 4.69) is 0 Å². The van der Waals surface area contributed by atoms with E-state index in [9.17, 15) is 14.7 Å². The molecule has 148 valence electrons. The van der Waals surface area contributed by atoms with Gasteiger partial charge in [0.25, 0.3) is 0 Å². The summed E-state index contributed by atoms with van der Waals surface area (Å²) >= 11 is 0. The highest BCUT2D eigenvalue weighted by atomic mass is 16.6. The average Bonchev–Trinajstić information content (AvgIpc) is 3.12. The van der Waals surface area contributed by atoms with E-state index in [1.165, 1.54) is 4.90 Å². The van der Waals surface area contributed by atoms with Gasteiger partial charge in [-0.15, -0.1) is 0 Å². The van der Waals surface area contributed by atoms with Gasteiger partial charge in [-0.3, -0.25) is 4.79 Å². The van der Waals surface area contributed by atoms with Gasteiger partial charge in [0.2, 0.25) is 5.91 Å². The highest BCUT2D eigenvalue weighted by molar-refractivity contribution is 5.95. The summed E-state index contributed by atoms with van der Waals surface area (Å²) in [5.41, 5.74) is 1.70. The van der Waals surface area contributed by atoms with Crippen molar-refractivity contribution in [2.45, 2.75) is 25.5 Å². The maximum atomic E-state index is 13.2. The minimum Gasteiger partial charge on any atom is -0.447 e. The van der Waals surface area contributed by atoms with Gasteiger partial charge in [-0.05, 0) is 28.3 Å². The van der Waals surface area contributed by atoms with Crippen LogP contribution in [0, 0.1) is 5.92 Å². The number of cyclic esters (lactones) is 1. The van der Waals surface area contributed by atoms with Crippen LogP contribution in [0.3, 0.4) is 0 Å². The number of hydrogen-bond acceptors (Lipinski definition) is 4. The fourth-order valence-electron chi connectivity index (χ4n) is 3.90. The molecule has 0 aliphatic carbocycles. The van der Waals surface area contributed by atoms with Gasteiger partial charge < -0.3 is 9.84 Å². The topological polar surface area (TPSA) is 66.8 Å². The number of nitrogens with zero attached hydrogens (tertiary/aromatic N) is 1. The lowest BCUT2D eigenvalue weighted by atomic mass is 9.91. The van der Waals surface area contributed by atoms with Gasteiger partial charge in [0, 0.05) is 0 Å². The first-order valence-electron chi connectivity index (χ1n) is 9.75. The van der Waals surface area contributed by atoms with Crippen LogP contribution in [0.2, 0.25) is 0 Å². The highest BCUT2D eigenvalue weighted by Gasteiger charge is 2.41. The van der Waals surface area contributed by atoms with E-state index < -0.39 is 24.0 Å². The molecular formula is C24H23NO4. The molecule has 0 spiro atoms. The van der Waals surface area contributed by atoms with Gasteiger partial charge in [-0.2, -0.15) is 0 Å². The Kier molecular flexibility index (Phi) is 5.32. The van der Waals surface area contributed by atoms with Crippen molar-refractivity contribution in [3.63, 3.8) is 0 Å². The van der Waals surface area contributed by atoms with Crippen molar-refractivity contribution >= 4 is 22.8 Å². The Morgan fingerprint density at radius 1 is 1.07 bits per heavy atom. The Bertz CT molecular complexity index is 1030. The number of aliphatic hydroxyl groups excluding tert-OH is 1. The summed E-state index contributed by atoms with van der Waals surface area (Å²) in [6, 6.07) is 22.7. The maximum Gasteiger partial charge on any atom is 0.416 e. The lowest BCUT2D eigenvalue weighted by Crippen LogP contribution is -2.44. The number of benzene rings is 3. The van der Waals surface area contributed by atoms with E-state index in [4.69, 9.17) is 4.74 Å². The Balaban J connectivity index is 1.57. The molecular weight excluding hydrogens is 366 g/mol. The van der Waals surface area contributed by atoms with Crippen LogP contribution in [0.25, 0.3) is 10.8 Å². The zero-order valence-corrected chi connectivity index (χ0v) is 16.2. The van der Waals surface area contributed by atoms with Crippen LogP contribution in [0.4, 0.5) is 4.79 Å². The summed E-state index contributed by atoms with van der Waals surface area (Å²) < 4.78 is 5.16. The van der Waals surface area contributed by atoms with E-state index in [1.54, 1.807) is 6.92 Å². The number of hydrogen-bond donors (Lipinski definition) is 1. The predicted molar refractivity (Wildman–Crippen MR) is 110 cm³/mol. The smallest absolute Gasteiger partial charge is 0.416 e. The predicted octanol–water partition coefficient (Wildman–Crippen LogP) is 4.10. The van der Waals surface area contributed by atoms with E-state index in [0.717, 1.165) is 16.3 Å². The number of amides is 2. The highest BCUT2D eigenvalue weighted by Crippen LogP contribution is 2.31. The molecule has 3 aromatic carbocycles. The first-order chi connectivity index (χ1) is 14.1. The van der Waals surface area contributed by atoms with Crippen LogP contribution in [0.1, 0.15) is 24.2 Å². The standard InChI is InChI=1S/C24H23NO4/c1-16(22(26)21-13-7-11-18-10-5-6-12-20(18)21)23(27)25-19(15-29-24(25)28)14-17-8-3-2-4-9-17/h2-13,16,19,22,26H,14-15H2,1H3/t16-,19+,22+/m1/s1. The van der Waals surface area contributed by atoms with Crippen LogP contribution in [0.15, 0.2) is 72.8 Å². The normalized spacial score (nSPS) is 18.5. The van der Waals surface area contributed by atoms with Crippen molar-refractivity contribution in [1.82, 2.24) is 4.90 Å². The molecule has 0 saturated carbocycles. The third-order valence-corrected chi connectivity index (χ3v) is 5.52. The SMILES string of the molecule is C[C@@H](C(=O)N1C(=O)OC[C@@H]1Cc1ccccc1)[C@H](O)c1cccc2ccccc12. The van der Waals surface area contributed by atoms with Crippen LogP contribution in [-0.2, 0) is 16.0 Å². The molecule has 1 N–H and O–H groups in total. The number of imide groups is 1. The molecule has 4 rings (SSSR count). The van der Waals surface area contributed by atoms with Crippen LogP contribution >= 0.6 is 0 Å². The van der Waals surface area contributed by atoms with Crippen LogP contribution in [0.5, 0.6) is 0 Å². The molecule has 1 heterocycles. The van der Waals surface area contributed by atoms with Gasteiger partial charge in [0.1, 0.15) is 6.61 Å². The van der Waals surface area contributed by atoms with Gasteiger partial charge in [0.15, 0.2) is 0 Å². The Labute approximate surface area is 169 Å². The van der Waals surface area contributed by atoms with Crippen molar-refractivity contribution < 1.29 is 19.4 Å². The zero-order valence-electron chi connectivity index (χ0n) is 16.2. The van der Waals surface area contributed by atoms with E-state index in [0.29, 0.717) is 12.0 Å². The maximum absolute atomic E-state index is 13.2. The third kappa shape index (κ3) is 3.74. The largest absolute Gasteiger partial charge is 0.447 e. The fraction of sp³-hybridized carbons (Fsp3) is 0.250. The van der Waals surface area contributed by atoms with Gasteiger partial charge in [-0.25, -0.2) is 9.69 Å². The summed E-state index contributed by atoms with van der Waals surface area (Å²) in [5, 5.41) is 12.9. The second-order valence-electron chi connectivity index (χ2n) is 7.43. The summed E-state index contributed by atoms with van der Waals surface area (Å²) in [6.45, 7) is 1.82. The quantitative estimate of drug-likeness (QED) is 0.713. The number of carbonyl (C=O) groups excluding carboxylic acids is 2. The Hall–Kier alpha value is -3.18. The molecule has 3 atom stereocenters. The van der Waals surface area contributed by atoms with Crippen LogP contribution < -0.4 is 0 Å². The molecule has 0 radical (unpaired) electrons. The molecule has 5 nitrogen and oxygen atoms in total. The Morgan fingerprint density at radius 2 is 1.76 bits per heavy atom. The van der Waals surface area contributed by atoms with E-state index in [-0.39, 0.29) is 12.6 Å². The number of ether oxygens (including phenoxy) is 1. The lowest BCUT2D eigenvalue weighted by molar-refractivity contribution is -0.136. The molecule has 3 aromatic rings. The molecule has 0 unspecified atom stereocenters. The monoisotopic (exact) mass is 389 g/mol. The molecule has 1 aliphatic heterocycles. The van der Waals surface area contributed by atoms with Gasteiger partial charge in [0.05, 0.1) is 18.1 Å². The Morgan fingerprint density at radius 3 is 2.55 bits per heavy atom. The molecule has 5 heteroatoms. The summed E-state index contributed by atoms with van der Waals surface area (Å²) in [5.74, 6) is -1.21. The average molecular weight is 389 g/mol. The van der Waals surface area contributed by atoms with Crippen molar-refractivity contribution in [2.75, 3.05) is 6.61 Å². The molecule has 1 fully saturated rings. The number of aliphatic hydroxyl groups is 1. The van der Waals surface area contributed by atoms with Crippen LogP contribution in [-0.4, -0.2) is 34.7 Å². The second-order valence-corrected chi connectivity index (χ2v) is 7.43. The van der Waals surface area contributed by atoms with E-state index >= 15 is 0 Å². The lowest BCUT2D eigenvalue weighted by Gasteiger charge is -2.26. The fourth-order valence-corrected chi connectivity index (χ4v) is 3.90. The molecule has 29 heavy (non-hydrogen) atoms. The van der Waals surface area contributed by atoms with Gasteiger partial charge >= 0.3 is 6.09 Å². The molecule has 2 amide bonds. The number of rotatable bonds is 5. The first-order valence-corrected chi connectivity index (χ1v) is 9.75.